The maximum atomic E-state index is 13.2. The number of thiazole rings is 1. The van der Waals surface area contributed by atoms with Crippen molar-refractivity contribution in [3.63, 3.8) is 0 Å². The molecule has 2 unspecified atom stereocenters. The van der Waals surface area contributed by atoms with Gasteiger partial charge in [-0.1, -0.05) is 12.1 Å². The van der Waals surface area contributed by atoms with Crippen LogP contribution in [0.2, 0.25) is 0 Å². The monoisotopic (exact) mass is 384 g/mol. The summed E-state index contributed by atoms with van der Waals surface area (Å²) in [6.45, 7) is 2.07. The normalized spacial score (nSPS) is 35.5. The summed E-state index contributed by atoms with van der Waals surface area (Å²) >= 11 is 1.68. The van der Waals surface area contributed by atoms with E-state index in [4.69, 9.17) is 4.98 Å². The maximum absolute atomic E-state index is 13.2. The number of carbonyl (C=O) groups is 1. The van der Waals surface area contributed by atoms with Gasteiger partial charge in [0.15, 0.2) is 0 Å². The summed E-state index contributed by atoms with van der Waals surface area (Å²) in [6, 6.07) is 8.12. The number of carbonyl (C=O) groups excluding carboxylic acids is 1. The summed E-state index contributed by atoms with van der Waals surface area (Å²) in [7, 11) is 1.91. The number of nitrogens with zero attached hydrogens (tertiary/aromatic N) is 2. The molecule has 4 aliphatic rings. The molecule has 4 bridgehead atoms. The summed E-state index contributed by atoms with van der Waals surface area (Å²) in [4.78, 5) is 19.8. The molecule has 0 radical (unpaired) electrons. The molecule has 4 saturated carbocycles. The average Bonchev–Trinajstić information content (AvgIpc) is 3.01. The summed E-state index contributed by atoms with van der Waals surface area (Å²) in [5, 5.41) is 12.0. The first-order valence-electron chi connectivity index (χ1n) is 10.2. The van der Waals surface area contributed by atoms with E-state index >= 15 is 0 Å². The fraction of sp³-hybridized carbons (Fsp3) is 0.636. The number of rotatable bonds is 4. The van der Waals surface area contributed by atoms with E-state index in [1.165, 1.54) is 11.1 Å². The van der Waals surface area contributed by atoms with E-state index < -0.39 is 5.60 Å². The molecule has 2 aromatic rings. The Labute approximate surface area is 164 Å². The van der Waals surface area contributed by atoms with Crippen LogP contribution in [-0.2, 0) is 4.79 Å². The number of hydrogen-bond acceptors (Lipinski definition) is 4. The third-order valence-electron chi connectivity index (χ3n) is 7.32. The van der Waals surface area contributed by atoms with Gasteiger partial charge in [-0.25, -0.2) is 4.98 Å². The fourth-order valence-corrected chi connectivity index (χ4v) is 7.57. The number of benzene rings is 1. The predicted octanol–water partition coefficient (Wildman–Crippen LogP) is 4.54. The standard InChI is InChI=1S/C22H28N2O2S/c1-14(20-23-17-5-3-4-6-18(17)27-20)24(2)19(25)12-21-8-15-7-16(9-21)11-22(26,10-15)13-21/h3-6,14-16,26H,7-13H2,1-2H3/t14-,15-,16+,21?,22?/m1/s1. The van der Waals surface area contributed by atoms with Crippen molar-refractivity contribution < 1.29 is 9.90 Å². The van der Waals surface area contributed by atoms with Crippen LogP contribution < -0.4 is 0 Å². The van der Waals surface area contributed by atoms with E-state index in [1.807, 2.05) is 30.1 Å². The van der Waals surface area contributed by atoms with Crippen molar-refractivity contribution in [1.29, 1.82) is 0 Å². The van der Waals surface area contributed by atoms with Crippen molar-refractivity contribution in [2.24, 2.45) is 17.3 Å². The maximum Gasteiger partial charge on any atom is 0.223 e. The molecule has 0 saturated heterocycles. The molecule has 4 fully saturated rings. The highest BCUT2D eigenvalue weighted by atomic mass is 32.1. The van der Waals surface area contributed by atoms with Gasteiger partial charge in [-0.2, -0.15) is 0 Å². The Morgan fingerprint density at radius 3 is 2.67 bits per heavy atom. The number of hydrogen-bond donors (Lipinski definition) is 1. The third-order valence-corrected chi connectivity index (χ3v) is 8.53. The highest BCUT2D eigenvalue weighted by molar-refractivity contribution is 7.18. The largest absolute Gasteiger partial charge is 0.390 e. The van der Waals surface area contributed by atoms with Crippen LogP contribution in [0.1, 0.15) is 62.9 Å². The number of fused-ring (bicyclic) bond motifs is 1. The molecular weight excluding hydrogens is 356 g/mol. The number of amides is 1. The minimum Gasteiger partial charge on any atom is -0.390 e. The smallest absolute Gasteiger partial charge is 0.223 e. The van der Waals surface area contributed by atoms with Gasteiger partial charge in [0.05, 0.1) is 21.9 Å². The predicted molar refractivity (Wildman–Crippen MR) is 107 cm³/mol. The molecule has 5 atom stereocenters. The zero-order valence-electron chi connectivity index (χ0n) is 16.1. The molecule has 5 heteroatoms. The Morgan fingerprint density at radius 2 is 2.00 bits per heavy atom. The molecule has 4 aliphatic carbocycles. The van der Waals surface area contributed by atoms with Crippen molar-refractivity contribution in [2.45, 2.75) is 63.5 Å². The van der Waals surface area contributed by atoms with Crippen LogP contribution >= 0.6 is 11.3 Å². The van der Waals surface area contributed by atoms with E-state index in [1.54, 1.807) is 11.3 Å². The van der Waals surface area contributed by atoms with Crippen LogP contribution in [0, 0.1) is 17.3 Å². The topological polar surface area (TPSA) is 53.4 Å². The molecule has 0 spiro atoms. The molecule has 1 N–H and O–H groups in total. The van der Waals surface area contributed by atoms with Crippen molar-refractivity contribution in [2.75, 3.05) is 7.05 Å². The zero-order valence-corrected chi connectivity index (χ0v) is 17.0. The van der Waals surface area contributed by atoms with Gasteiger partial charge < -0.3 is 10.0 Å². The van der Waals surface area contributed by atoms with E-state index in [0.717, 1.165) is 42.6 Å². The second kappa shape index (κ2) is 6.02. The molecule has 0 aliphatic heterocycles. The molecule has 6 rings (SSSR count). The van der Waals surface area contributed by atoms with Crippen molar-refractivity contribution >= 4 is 27.5 Å². The summed E-state index contributed by atoms with van der Waals surface area (Å²) < 4.78 is 1.17. The lowest BCUT2D eigenvalue weighted by molar-refractivity contribution is -0.172. The second-order valence-electron chi connectivity index (χ2n) is 9.56. The van der Waals surface area contributed by atoms with Crippen LogP contribution in [0.15, 0.2) is 24.3 Å². The van der Waals surface area contributed by atoms with Crippen LogP contribution in [-0.4, -0.2) is 33.5 Å². The Morgan fingerprint density at radius 1 is 1.30 bits per heavy atom. The third kappa shape index (κ3) is 2.99. The Hall–Kier alpha value is -1.46. The lowest BCUT2D eigenvalue weighted by Gasteiger charge is -2.60. The van der Waals surface area contributed by atoms with Crippen LogP contribution in [0.4, 0.5) is 0 Å². The van der Waals surface area contributed by atoms with Gasteiger partial charge in [0, 0.05) is 13.5 Å². The molecule has 1 aromatic carbocycles. The Bertz CT molecular complexity index is 844. The minimum absolute atomic E-state index is 0.0214. The Kier molecular flexibility index (Phi) is 3.93. The number of aliphatic hydroxyl groups is 1. The van der Waals surface area contributed by atoms with Crippen molar-refractivity contribution in [1.82, 2.24) is 9.88 Å². The Balaban J connectivity index is 1.33. The summed E-state index contributed by atoms with van der Waals surface area (Å²) in [5.74, 6) is 1.44. The van der Waals surface area contributed by atoms with Gasteiger partial charge in [-0.05, 0) is 74.8 Å². The number of aromatic nitrogens is 1. The van der Waals surface area contributed by atoms with Gasteiger partial charge in [-0.3, -0.25) is 4.79 Å². The lowest BCUT2D eigenvalue weighted by atomic mass is 9.47. The van der Waals surface area contributed by atoms with Gasteiger partial charge >= 0.3 is 0 Å². The highest BCUT2D eigenvalue weighted by Crippen LogP contribution is 2.63. The van der Waals surface area contributed by atoms with E-state index in [0.29, 0.717) is 18.3 Å². The molecule has 27 heavy (non-hydrogen) atoms. The highest BCUT2D eigenvalue weighted by Gasteiger charge is 2.57. The number of para-hydroxylation sites is 1. The van der Waals surface area contributed by atoms with Gasteiger partial charge in [0.2, 0.25) is 5.91 Å². The van der Waals surface area contributed by atoms with E-state index in [2.05, 4.69) is 13.0 Å². The molecular formula is C22H28N2O2S. The van der Waals surface area contributed by atoms with Gasteiger partial charge in [-0.15, -0.1) is 11.3 Å². The van der Waals surface area contributed by atoms with Crippen LogP contribution in [0.5, 0.6) is 0 Å². The molecule has 1 amide bonds. The molecule has 1 aromatic heterocycles. The first kappa shape index (κ1) is 17.6. The SMILES string of the molecule is C[C@H](c1nc2ccccc2s1)N(C)C(=O)CC12C[C@@H]3C[C@@H](CC(O)(C3)C1)C2. The quantitative estimate of drug-likeness (QED) is 0.842. The first-order valence-corrected chi connectivity index (χ1v) is 11.0. The van der Waals surface area contributed by atoms with E-state index in [9.17, 15) is 9.90 Å². The summed E-state index contributed by atoms with van der Waals surface area (Å²) in [5.41, 5.74) is 0.535. The van der Waals surface area contributed by atoms with E-state index in [-0.39, 0.29) is 17.4 Å². The second-order valence-corrected chi connectivity index (χ2v) is 10.6. The first-order chi connectivity index (χ1) is 12.8. The minimum atomic E-state index is -0.498. The molecule has 4 nitrogen and oxygen atoms in total. The summed E-state index contributed by atoms with van der Waals surface area (Å²) in [6.07, 6.45) is 6.82. The fourth-order valence-electron chi connectivity index (χ4n) is 6.50. The van der Waals surface area contributed by atoms with Crippen molar-refractivity contribution in [3.05, 3.63) is 29.3 Å². The van der Waals surface area contributed by atoms with Crippen LogP contribution in [0.25, 0.3) is 10.2 Å². The lowest BCUT2D eigenvalue weighted by Crippen LogP contribution is -2.56. The van der Waals surface area contributed by atoms with Gasteiger partial charge in [0.25, 0.3) is 0 Å². The van der Waals surface area contributed by atoms with Gasteiger partial charge in [0.1, 0.15) is 5.01 Å². The average molecular weight is 385 g/mol. The van der Waals surface area contributed by atoms with Crippen LogP contribution in [0.3, 0.4) is 0 Å². The zero-order chi connectivity index (χ0) is 18.8. The molecule has 1 heterocycles. The molecule has 144 valence electrons. The van der Waals surface area contributed by atoms with Crippen molar-refractivity contribution in [3.8, 4) is 0 Å².